The smallest absolute Gasteiger partial charge is 0.317 e. The van der Waals surface area contributed by atoms with Crippen LogP contribution in [0.3, 0.4) is 0 Å². The largest absolute Gasteiger partial charge is 0.341 e. The molecular formula is C5H10N2O. The van der Waals surface area contributed by atoms with Crippen LogP contribution in [0.2, 0.25) is 0 Å². The highest BCUT2D eigenvalue weighted by atomic mass is 16.2. The summed E-state index contributed by atoms with van der Waals surface area (Å²) in [5, 5.41) is 2.55. The first-order chi connectivity index (χ1) is 3.84. The second-order valence-electron chi connectivity index (χ2n) is 1.90. The van der Waals surface area contributed by atoms with Gasteiger partial charge in [0.25, 0.3) is 0 Å². The zero-order valence-corrected chi connectivity index (χ0v) is 4.98. The van der Waals surface area contributed by atoms with Crippen LogP contribution in [-0.4, -0.2) is 31.1 Å². The molecule has 1 N–H and O–H groups in total. The molecule has 0 bridgehead atoms. The fourth-order valence-electron chi connectivity index (χ4n) is 0.677. The molecule has 0 saturated carbocycles. The number of carbonyl (C=O) groups is 1. The maximum absolute atomic E-state index is 10.6. The van der Waals surface area contributed by atoms with E-state index in [1.165, 1.54) is 0 Å². The molecular weight excluding hydrogens is 104 g/mol. The average molecular weight is 114 g/mol. The summed E-state index contributed by atoms with van der Waals surface area (Å²) >= 11 is 0. The highest BCUT2D eigenvalue weighted by molar-refractivity contribution is 5.74. The molecule has 0 spiro atoms. The SMILES string of the molecule is CNC(=O)N1CCC1. The number of nitrogens with one attached hydrogen (secondary N) is 1. The Morgan fingerprint density at radius 1 is 1.62 bits per heavy atom. The highest BCUT2D eigenvalue weighted by Gasteiger charge is 2.17. The molecule has 1 aliphatic heterocycles. The minimum Gasteiger partial charge on any atom is -0.341 e. The van der Waals surface area contributed by atoms with Crippen molar-refractivity contribution in [3.63, 3.8) is 0 Å². The Hall–Kier alpha value is -0.730. The van der Waals surface area contributed by atoms with Crippen molar-refractivity contribution in [1.82, 2.24) is 10.2 Å². The maximum atomic E-state index is 10.6. The van der Waals surface area contributed by atoms with Gasteiger partial charge in [0.15, 0.2) is 0 Å². The molecule has 8 heavy (non-hydrogen) atoms. The fraction of sp³-hybridized carbons (Fsp3) is 0.800. The lowest BCUT2D eigenvalue weighted by atomic mass is 10.2. The van der Waals surface area contributed by atoms with E-state index in [0.29, 0.717) is 0 Å². The number of carbonyl (C=O) groups excluding carboxylic acids is 1. The highest BCUT2D eigenvalue weighted by Crippen LogP contribution is 2.03. The molecule has 1 heterocycles. The molecule has 0 radical (unpaired) electrons. The first kappa shape index (κ1) is 5.41. The van der Waals surface area contributed by atoms with Crippen molar-refractivity contribution in [2.45, 2.75) is 6.42 Å². The molecule has 46 valence electrons. The lowest BCUT2D eigenvalue weighted by molar-refractivity contribution is 0.170. The minimum absolute atomic E-state index is 0.0521. The van der Waals surface area contributed by atoms with Gasteiger partial charge in [-0.15, -0.1) is 0 Å². The third-order valence-electron chi connectivity index (χ3n) is 1.36. The molecule has 1 rings (SSSR count). The first-order valence-corrected chi connectivity index (χ1v) is 2.81. The van der Waals surface area contributed by atoms with Crippen molar-refractivity contribution in [2.75, 3.05) is 20.1 Å². The summed E-state index contributed by atoms with van der Waals surface area (Å²) in [6.07, 6.45) is 1.16. The van der Waals surface area contributed by atoms with Crippen LogP contribution in [0.1, 0.15) is 6.42 Å². The van der Waals surface area contributed by atoms with E-state index in [0.717, 1.165) is 19.5 Å². The van der Waals surface area contributed by atoms with Crippen molar-refractivity contribution in [2.24, 2.45) is 0 Å². The number of hydrogen-bond donors (Lipinski definition) is 1. The van der Waals surface area contributed by atoms with Crippen LogP contribution in [0.5, 0.6) is 0 Å². The van der Waals surface area contributed by atoms with Gasteiger partial charge in [0, 0.05) is 20.1 Å². The molecule has 0 atom stereocenters. The van der Waals surface area contributed by atoms with Gasteiger partial charge in [0.1, 0.15) is 0 Å². The first-order valence-electron chi connectivity index (χ1n) is 2.81. The summed E-state index contributed by atoms with van der Waals surface area (Å²) in [6, 6.07) is 0.0521. The summed E-state index contributed by atoms with van der Waals surface area (Å²) in [4.78, 5) is 12.4. The van der Waals surface area contributed by atoms with E-state index < -0.39 is 0 Å². The van der Waals surface area contributed by atoms with Crippen LogP contribution in [0.25, 0.3) is 0 Å². The second-order valence-corrected chi connectivity index (χ2v) is 1.90. The zero-order valence-electron chi connectivity index (χ0n) is 4.98. The molecule has 0 unspecified atom stereocenters. The van der Waals surface area contributed by atoms with Crippen LogP contribution in [-0.2, 0) is 0 Å². The van der Waals surface area contributed by atoms with E-state index in [1.54, 1.807) is 11.9 Å². The molecule has 0 aromatic heterocycles. The van der Waals surface area contributed by atoms with Gasteiger partial charge in [-0.05, 0) is 6.42 Å². The Morgan fingerprint density at radius 2 is 2.25 bits per heavy atom. The summed E-state index contributed by atoms with van der Waals surface area (Å²) in [7, 11) is 1.65. The molecule has 0 aromatic carbocycles. The Labute approximate surface area is 48.7 Å². The summed E-state index contributed by atoms with van der Waals surface area (Å²) in [5.41, 5.74) is 0. The number of nitrogens with zero attached hydrogens (tertiary/aromatic N) is 1. The predicted molar refractivity (Wildman–Crippen MR) is 30.6 cm³/mol. The van der Waals surface area contributed by atoms with Crippen LogP contribution in [0.4, 0.5) is 4.79 Å². The quantitative estimate of drug-likeness (QED) is 0.473. The molecule has 2 amide bonds. The molecule has 0 aromatic rings. The Morgan fingerprint density at radius 3 is 2.38 bits per heavy atom. The van der Waals surface area contributed by atoms with Gasteiger partial charge >= 0.3 is 6.03 Å². The van der Waals surface area contributed by atoms with Crippen molar-refractivity contribution < 1.29 is 4.79 Å². The molecule has 0 aliphatic carbocycles. The van der Waals surface area contributed by atoms with Crippen LogP contribution < -0.4 is 5.32 Å². The number of urea groups is 1. The topological polar surface area (TPSA) is 32.3 Å². The standard InChI is InChI=1S/C5H10N2O/c1-6-5(8)7-3-2-4-7/h2-4H2,1H3,(H,6,8). The van der Waals surface area contributed by atoms with E-state index in [2.05, 4.69) is 5.32 Å². The lowest BCUT2D eigenvalue weighted by Crippen LogP contribution is -2.46. The van der Waals surface area contributed by atoms with Gasteiger partial charge in [-0.1, -0.05) is 0 Å². The Bertz CT molecular complexity index is 98.6. The van der Waals surface area contributed by atoms with Crippen LogP contribution in [0, 0.1) is 0 Å². The van der Waals surface area contributed by atoms with Gasteiger partial charge in [-0.3, -0.25) is 0 Å². The van der Waals surface area contributed by atoms with Crippen molar-refractivity contribution in [3.8, 4) is 0 Å². The molecule has 3 heteroatoms. The van der Waals surface area contributed by atoms with E-state index in [1.807, 2.05) is 0 Å². The van der Waals surface area contributed by atoms with Gasteiger partial charge in [-0.25, -0.2) is 4.79 Å². The Balaban J connectivity index is 2.24. The number of likely N-dealkylation sites (tertiary alicyclic amines) is 1. The predicted octanol–water partition coefficient (Wildman–Crippen LogP) is 0.0315. The average Bonchev–Trinajstić information content (AvgIpc) is 1.62. The molecule has 1 saturated heterocycles. The maximum Gasteiger partial charge on any atom is 0.317 e. The fourth-order valence-corrected chi connectivity index (χ4v) is 0.677. The van der Waals surface area contributed by atoms with E-state index in [9.17, 15) is 4.79 Å². The molecule has 1 fully saturated rings. The van der Waals surface area contributed by atoms with Crippen molar-refractivity contribution in [3.05, 3.63) is 0 Å². The normalized spacial score (nSPS) is 17.4. The van der Waals surface area contributed by atoms with Gasteiger partial charge in [-0.2, -0.15) is 0 Å². The lowest BCUT2D eigenvalue weighted by Gasteiger charge is -2.29. The number of hydrogen-bond acceptors (Lipinski definition) is 1. The summed E-state index contributed by atoms with van der Waals surface area (Å²) in [5.74, 6) is 0. The monoisotopic (exact) mass is 114 g/mol. The summed E-state index contributed by atoms with van der Waals surface area (Å²) in [6.45, 7) is 1.86. The summed E-state index contributed by atoms with van der Waals surface area (Å²) < 4.78 is 0. The van der Waals surface area contributed by atoms with Crippen molar-refractivity contribution in [1.29, 1.82) is 0 Å². The van der Waals surface area contributed by atoms with Crippen LogP contribution >= 0.6 is 0 Å². The van der Waals surface area contributed by atoms with E-state index >= 15 is 0 Å². The van der Waals surface area contributed by atoms with E-state index in [-0.39, 0.29) is 6.03 Å². The van der Waals surface area contributed by atoms with Crippen molar-refractivity contribution >= 4 is 6.03 Å². The minimum atomic E-state index is 0.0521. The van der Waals surface area contributed by atoms with Gasteiger partial charge in [0.05, 0.1) is 0 Å². The molecule has 3 nitrogen and oxygen atoms in total. The second kappa shape index (κ2) is 2.03. The van der Waals surface area contributed by atoms with Crippen LogP contribution in [0.15, 0.2) is 0 Å². The number of rotatable bonds is 0. The number of amides is 2. The molecule has 1 aliphatic rings. The Kier molecular flexibility index (Phi) is 1.37. The van der Waals surface area contributed by atoms with Gasteiger partial charge < -0.3 is 10.2 Å². The third-order valence-corrected chi connectivity index (χ3v) is 1.36. The van der Waals surface area contributed by atoms with E-state index in [4.69, 9.17) is 0 Å². The van der Waals surface area contributed by atoms with Gasteiger partial charge in [0.2, 0.25) is 0 Å². The zero-order chi connectivity index (χ0) is 5.98. The third kappa shape index (κ3) is 0.757.